The van der Waals surface area contributed by atoms with Crippen LogP contribution in [0.5, 0.6) is 0 Å². The molecule has 1 aromatic heterocycles. The minimum absolute atomic E-state index is 0.0271. The van der Waals surface area contributed by atoms with Crippen LogP contribution in [0.1, 0.15) is 5.56 Å². The van der Waals surface area contributed by atoms with Crippen molar-refractivity contribution in [3.8, 4) is 22.4 Å². The van der Waals surface area contributed by atoms with Crippen molar-refractivity contribution >= 4 is 6.03 Å². The molecule has 0 bridgehead atoms. The summed E-state index contributed by atoms with van der Waals surface area (Å²) in [7, 11) is 0. The standard InChI is InChI=1S/C21H23N5O/c27-21-23-11-13-26(21)12-10-22-14-19-15-24-25-20(19)18-8-6-17(7-9-18)16-4-2-1-3-5-16/h1-9,15,22H,10-14H2,(H,23,27)(H,24,25). The number of rotatable bonds is 7. The van der Waals surface area contributed by atoms with E-state index < -0.39 is 0 Å². The molecule has 2 heterocycles. The van der Waals surface area contributed by atoms with Gasteiger partial charge in [-0.1, -0.05) is 54.6 Å². The van der Waals surface area contributed by atoms with E-state index in [4.69, 9.17) is 0 Å². The molecule has 3 aromatic rings. The van der Waals surface area contributed by atoms with Gasteiger partial charge in [-0.15, -0.1) is 0 Å². The van der Waals surface area contributed by atoms with Crippen LogP contribution >= 0.6 is 0 Å². The van der Waals surface area contributed by atoms with Gasteiger partial charge < -0.3 is 15.5 Å². The van der Waals surface area contributed by atoms with Gasteiger partial charge in [0.05, 0.1) is 11.9 Å². The van der Waals surface area contributed by atoms with Crippen molar-refractivity contribution in [2.24, 2.45) is 0 Å². The van der Waals surface area contributed by atoms with Gasteiger partial charge in [0.2, 0.25) is 0 Å². The fourth-order valence-corrected chi connectivity index (χ4v) is 3.32. The van der Waals surface area contributed by atoms with Crippen molar-refractivity contribution in [2.45, 2.75) is 6.54 Å². The molecule has 0 radical (unpaired) electrons. The summed E-state index contributed by atoms with van der Waals surface area (Å²) >= 11 is 0. The lowest BCUT2D eigenvalue weighted by Crippen LogP contribution is -2.34. The molecule has 0 atom stereocenters. The molecule has 1 aliphatic heterocycles. The minimum Gasteiger partial charge on any atom is -0.336 e. The monoisotopic (exact) mass is 361 g/mol. The van der Waals surface area contributed by atoms with Gasteiger partial charge in [-0.2, -0.15) is 5.10 Å². The minimum atomic E-state index is 0.0271. The summed E-state index contributed by atoms with van der Waals surface area (Å²) in [6.07, 6.45) is 1.86. The molecule has 0 spiro atoms. The van der Waals surface area contributed by atoms with Gasteiger partial charge >= 0.3 is 6.03 Å². The second-order valence-corrected chi connectivity index (χ2v) is 6.61. The first-order chi connectivity index (χ1) is 13.3. The van der Waals surface area contributed by atoms with Gasteiger partial charge in [0.1, 0.15) is 0 Å². The summed E-state index contributed by atoms with van der Waals surface area (Å²) in [6, 6.07) is 18.9. The number of aromatic nitrogens is 2. The van der Waals surface area contributed by atoms with Crippen LogP contribution in [0, 0.1) is 0 Å². The van der Waals surface area contributed by atoms with Crippen LogP contribution in [-0.4, -0.2) is 47.3 Å². The van der Waals surface area contributed by atoms with Crippen LogP contribution in [0.25, 0.3) is 22.4 Å². The molecule has 0 aliphatic carbocycles. The number of H-pyrrole nitrogens is 1. The van der Waals surface area contributed by atoms with E-state index in [1.165, 1.54) is 11.1 Å². The predicted molar refractivity (Wildman–Crippen MR) is 106 cm³/mol. The molecule has 3 N–H and O–H groups in total. The summed E-state index contributed by atoms with van der Waals surface area (Å²) < 4.78 is 0. The predicted octanol–water partition coefficient (Wildman–Crippen LogP) is 2.86. The van der Waals surface area contributed by atoms with E-state index in [2.05, 4.69) is 57.2 Å². The van der Waals surface area contributed by atoms with Gasteiger partial charge in [-0.25, -0.2) is 4.79 Å². The number of nitrogens with zero attached hydrogens (tertiary/aromatic N) is 2. The lowest BCUT2D eigenvalue weighted by molar-refractivity contribution is 0.217. The zero-order valence-electron chi connectivity index (χ0n) is 15.1. The highest BCUT2D eigenvalue weighted by Gasteiger charge is 2.18. The Morgan fingerprint density at radius 3 is 2.48 bits per heavy atom. The molecule has 2 amide bonds. The van der Waals surface area contributed by atoms with Crippen molar-refractivity contribution < 1.29 is 4.79 Å². The molecule has 6 heteroatoms. The number of hydrogen-bond acceptors (Lipinski definition) is 3. The Kier molecular flexibility index (Phi) is 5.16. The lowest BCUT2D eigenvalue weighted by atomic mass is 10.0. The first kappa shape index (κ1) is 17.3. The van der Waals surface area contributed by atoms with Crippen molar-refractivity contribution in [1.29, 1.82) is 0 Å². The average Bonchev–Trinajstić information content (AvgIpc) is 3.35. The number of nitrogens with one attached hydrogen (secondary N) is 3. The van der Waals surface area contributed by atoms with E-state index in [0.717, 1.165) is 36.5 Å². The number of urea groups is 1. The molecular formula is C21H23N5O. The SMILES string of the molecule is O=C1NCCN1CCNCc1cn[nH]c1-c1ccc(-c2ccccc2)cc1. The van der Waals surface area contributed by atoms with Crippen molar-refractivity contribution in [2.75, 3.05) is 26.2 Å². The van der Waals surface area contributed by atoms with Gasteiger partial charge in [-0.3, -0.25) is 5.10 Å². The summed E-state index contributed by atoms with van der Waals surface area (Å²) in [4.78, 5) is 13.4. The molecule has 4 rings (SSSR count). The van der Waals surface area contributed by atoms with Gasteiger partial charge in [-0.05, 0) is 16.7 Å². The zero-order valence-corrected chi connectivity index (χ0v) is 15.1. The summed E-state index contributed by atoms with van der Waals surface area (Å²) in [6.45, 7) is 3.70. The highest BCUT2D eigenvalue weighted by Crippen LogP contribution is 2.25. The number of carbonyl (C=O) groups excluding carboxylic acids is 1. The molecule has 1 aliphatic rings. The Hall–Kier alpha value is -3.12. The largest absolute Gasteiger partial charge is 0.336 e. The molecule has 1 fully saturated rings. The average molecular weight is 361 g/mol. The zero-order chi connectivity index (χ0) is 18.5. The smallest absolute Gasteiger partial charge is 0.317 e. The van der Waals surface area contributed by atoms with Crippen LogP contribution in [0.2, 0.25) is 0 Å². The second kappa shape index (κ2) is 8.05. The molecule has 6 nitrogen and oxygen atoms in total. The summed E-state index contributed by atoms with van der Waals surface area (Å²) in [5.41, 5.74) is 5.67. The maximum Gasteiger partial charge on any atom is 0.317 e. The Morgan fingerprint density at radius 2 is 1.74 bits per heavy atom. The Morgan fingerprint density at radius 1 is 1.00 bits per heavy atom. The molecule has 138 valence electrons. The Bertz CT molecular complexity index is 888. The van der Waals surface area contributed by atoms with E-state index in [-0.39, 0.29) is 6.03 Å². The van der Waals surface area contributed by atoms with Crippen LogP contribution in [-0.2, 0) is 6.54 Å². The molecule has 1 saturated heterocycles. The molecule has 2 aromatic carbocycles. The van der Waals surface area contributed by atoms with E-state index in [0.29, 0.717) is 13.1 Å². The maximum atomic E-state index is 11.5. The van der Waals surface area contributed by atoms with E-state index in [1.807, 2.05) is 29.3 Å². The third-order valence-corrected chi connectivity index (χ3v) is 4.82. The summed E-state index contributed by atoms with van der Waals surface area (Å²) in [5.74, 6) is 0. The molecular weight excluding hydrogens is 338 g/mol. The third kappa shape index (κ3) is 4.01. The second-order valence-electron chi connectivity index (χ2n) is 6.61. The van der Waals surface area contributed by atoms with Crippen LogP contribution in [0.15, 0.2) is 60.8 Å². The topological polar surface area (TPSA) is 73.1 Å². The quantitative estimate of drug-likeness (QED) is 0.567. The van der Waals surface area contributed by atoms with Crippen LogP contribution < -0.4 is 10.6 Å². The molecule has 27 heavy (non-hydrogen) atoms. The van der Waals surface area contributed by atoms with Crippen LogP contribution in [0.3, 0.4) is 0 Å². The van der Waals surface area contributed by atoms with E-state index in [9.17, 15) is 4.79 Å². The van der Waals surface area contributed by atoms with Crippen molar-refractivity contribution in [3.63, 3.8) is 0 Å². The van der Waals surface area contributed by atoms with E-state index >= 15 is 0 Å². The number of carbonyl (C=O) groups is 1. The normalized spacial score (nSPS) is 13.8. The number of amides is 2. The maximum absolute atomic E-state index is 11.5. The fraction of sp³-hybridized carbons (Fsp3) is 0.238. The molecule has 0 unspecified atom stereocenters. The summed E-state index contributed by atoms with van der Waals surface area (Å²) in [5, 5.41) is 13.5. The van der Waals surface area contributed by atoms with Gasteiger partial charge in [0, 0.05) is 38.3 Å². The van der Waals surface area contributed by atoms with Gasteiger partial charge in [0.25, 0.3) is 0 Å². The van der Waals surface area contributed by atoms with E-state index in [1.54, 1.807) is 0 Å². The van der Waals surface area contributed by atoms with Crippen molar-refractivity contribution in [3.05, 3.63) is 66.4 Å². The molecule has 0 saturated carbocycles. The Balaban J connectivity index is 1.37. The van der Waals surface area contributed by atoms with Gasteiger partial charge in [0.15, 0.2) is 0 Å². The lowest BCUT2D eigenvalue weighted by Gasteiger charge is -2.14. The fourth-order valence-electron chi connectivity index (χ4n) is 3.32. The van der Waals surface area contributed by atoms with Crippen molar-refractivity contribution in [1.82, 2.24) is 25.7 Å². The first-order valence-corrected chi connectivity index (χ1v) is 9.23. The number of hydrogen-bond donors (Lipinski definition) is 3. The third-order valence-electron chi connectivity index (χ3n) is 4.82. The first-order valence-electron chi connectivity index (χ1n) is 9.23. The Labute approximate surface area is 158 Å². The number of benzene rings is 2. The number of aromatic amines is 1. The highest BCUT2D eigenvalue weighted by atomic mass is 16.2. The van der Waals surface area contributed by atoms with Crippen LogP contribution in [0.4, 0.5) is 4.79 Å². The highest BCUT2D eigenvalue weighted by molar-refractivity contribution is 5.76.